The Morgan fingerprint density at radius 2 is 2.19 bits per heavy atom. The number of hydrogen-bond acceptors (Lipinski definition) is 4. The quantitative estimate of drug-likeness (QED) is 0.810. The van der Waals surface area contributed by atoms with Crippen molar-refractivity contribution in [1.29, 1.82) is 0 Å². The Balaban J connectivity index is 2.49. The minimum atomic E-state index is -0.937. The number of carboxylic acids is 1. The maximum Gasteiger partial charge on any atom is 0.313 e. The van der Waals surface area contributed by atoms with E-state index in [1.165, 1.54) is 0 Å². The van der Waals surface area contributed by atoms with E-state index >= 15 is 0 Å². The van der Waals surface area contributed by atoms with Crippen LogP contribution in [0.4, 0.5) is 4.39 Å². The molecular weight excluding hydrogens is 361 g/mol. The van der Waals surface area contributed by atoms with Gasteiger partial charge in [0, 0.05) is 6.04 Å². The van der Waals surface area contributed by atoms with E-state index in [1.54, 1.807) is 22.8 Å². The maximum absolute atomic E-state index is 14.2. The van der Waals surface area contributed by atoms with Gasteiger partial charge in [-0.25, -0.2) is 4.39 Å². The molecule has 2 rings (SSSR count). The van der Waals surface area contributed by atoms with Gasteiger partial charge < -0.3 is 5.11 Å². The molecule has 0 atom stereocenters. The molecule has 112 valence electrons. The van der Waals surface area contributed by atoms with E-state index in [4.69, 9.17) is 5.11 Å². The molecule has 21 heavy (non-hydrogen) atoms. The Labute approximate surface area is 133 Å². The molecule has 0 aliphatic heterocycles. The summed E-state index contributed by atoms with van der Waals surface area (Å²) >= 11 is 4.21. The topological polar surface area (TPSA) is 68.0 Å². The highest BCUT2D eigenvalue weighted by Crippen LogP contribution is 2.31. The normalized spacial score (nSPS) is 11.1. The highest BCUT2D eigenvalue weighted by Gasteiger charge is 2.20. The van der Waals surface area contributed by atoms with E-state index in [1.807, 2.05) is 13.8 Å². The first-order chi connectivity index (χ1) is 9.91. The Hall–Kier alpha value is -1.41. The molecule has 0 radical (unpaired) electrons. The second-order valence-electron chi connectivity index (χ2n) is 4.55. The molecule has 1 heterocycles. The molecule has 0 aliphatic rings. The van der Waals surface area contributed by atoms with Crippen LogP contribution in [0.25, 0.3) is 11.4 Å². The molecular formula is C13H13BrFN3O2S. The lowest BCUT2D eigenvalue weighted by Crippen LogP contribution is -2.07. The molecule has 0 aliphatic carbocycles. The summed E-state index contributed by atoms with van der Waals surface area (Å²) in [7, 11) is 0. The van der Waals surface area contributed by atoms with Crippen molar-refractivity contribution in [3.63, 3.8) is 0 Å². The van der Waals surface area contributed by atoms with Gasteiger partial charge >= 0.3 is 5.97 Å². The molecule has 0 fully saturated rings. The summed E-state index contributed by atoms with van der Waals surface area (Å²) in [5, 5.41) is 17.2. The van der Waals surface area contributed by atoms with Crippen molar-refractivity contribution in [1.82, 2.24) is 14.8 Å². The first-order valence-corrected chi connectivity index (χ1v) is 7.93. The van der Waals surface area contributed by atoms with E-state index in [-0.39, 0.29) is 11.8 Å². The van der Waals surface area contributed by atoms with Gasteiger partial charge in [0.25, 0.3) is 0 Å². The minimum Gasteiger partial charge on any atom is -0.481 e. The third kappa shape index (κ3) is 3.44. The lowest BCUT2D eigenvalue weighted by atomic mass is 10.2. The standard InChI is InChI=1S/C13H13BrFN3O2S/c1-7(2)18-12(8-4-3-5-9(14)11(8)15)16-17-13(18)21-6-10(19)20/h3-5,7H,6H2,1-2H3,(H,19,20). The molecule has 0 bridgehead atoms. The zero-order valence-electron chi connectivity index (χ0n) is 11.4. The number of nitrogens with zero attached hydrogens (tertiary/aromatic N) is 3. The van der Waals surface area contributed by atoms with Gasteiger partial charge in [-0.2, -0.15) is 0 Å². The molecule has 0 spiro atoms. The fourth-order valence-corrected chi connectivity index (χ4v) is 2.98. The van der Waals surface area contributed by atoms with Crippen LogP contribution in [0, 0.1) is 5.82 Å². The largest absolute Gasteiger partial charge is 0.481 e. The number of carbonyl (C=O) groups is 1. The van der Waals surface area contributed by atoms with Gasteiger partial charge in [-0.3, -0.25) is 9.36 Å². The maximum atomic E-state index is 14.2. The third-order valence-corrected chi connectivity index (χ3v) is 4.24. The Kier molecular flexibility index (Phi) is 5.00. The van der Waals surface area contributed by atoms with Crippen molar-refractivity contribution in [2.45, 2.75) is 25.0 Å². The Morgan fingerprint density at radius 3 is 2.81 bits per heavy atom. The molecule has 1 aromatic heterocycles. The zero-order valence-corrected chi connectivity index (χ0v) is 13.8. The summed E-state index contributed by atoms with van der Waals surface area (Å²) < 4.78 is 16.3. The van der Waals surface area contributed by atoms with Crippen LogP contribution in [0.5, 0.6) is 0 Å². The van der Waals surface area contributed by atoms with Crippen molar-refractivity contribution in [2.24, 2.45) is 0 Å². The summed E-state index contributed by atoms with van der Waals surface area (Å²) in [5.74, 6) is -1.09. The van der Waals surface area contributed by atoms with Gasteiger partial charge in [-0.15, -0.1) is 10.2 Å². The lowest BCUT2D eigenvalue weighted by molar-refractivity contribution is -0.133. The van der Waals surface area contributed by atoms with Gasteiger partial charge in [0.1, 0.15) is 5.82 Å². The van der Waals surface area contributed by atoms with Crippen LogP contribution < -0.4 is 0 Å². The van der Waals surface area contributed by atoms with Crippen LogP contribution in [0.2, 0.25) is 0 Å². The van der Waals surface area contributed by atoms with Crippen LogP contribution >= 0.6 is 27.7 Å². The molecule has 8 heteroatoms. The monoisotopic (exact) mass is 373 g/mol. The third-order valence-electron chi connectivity index (χ3n) is 2.70. The van der Waals surface area contributed by atoms with Crippen molar-refractivity contribution >= 4 is 33.7 Å². The van der Waals surface area contributed by atoms with E-state index in [2.05, 4.69) is 26.1 Å². The molecule has 1 N–H and O–H groups in total. The number of aromatic nitrogens is 3. The molecule has 0 saturated heterocycles. The Bertz CT molecular complexity index is 675. The molecule has 0 amide bonds. The van der Waals surface area contributed by atoms with Crippen molar-refractivity contribution in [3.05, 3.63) is 28.5 Å². The molecule has 5 nitrogen and oxygen atoms in total. The summed E-state index contributed by atoms with van der Waals surface area (Å²) in [6.45, 7) is 3.82. The summed E-state index contributed by atoms with van der Waals surface area (Å²) in [6, 6.07) is 4.92. The number of rotatable bonds is 5. The SMILES string of the molecule is CC(C)n1c(SCC(=O)O)nnc1-c1cccc(Br)c1F. The lowest BCUT2D eigenvalue weighted by Gasteiger charge is -2.14. The highest BCUT2D eigenvalue weighted by atomic mass is 79.9. The van der Waals surface area contributed by atoms with Gasteiger partial charge in [0.15, 0.2) is 11.0 Å². The van der Waals surface area contributed by atoms with E-state index in [9.17, 15) is 9.18 Å². The van der Waals surface area contributed by atoms with Gasteiger partial charge in [0.05, 0.1) is 15.8 Å². The van der Waals surface area contributed by atoms with Crippen molar-refractivity contribution < 1.29 is 14.3 Å². The van der Waals surface area contributed by atoms with Crippen LogP contribution in [-0.2, 0) is 4.79 Å². The predicted molar refractivity (Wildman–Crippen MR) is 81.9 cm³/mol. The second kappa shape index (κ2) is 6.57. The molecule has 1 aromatic carbocycles. The van der Waals surface area contributed by atoms with Crippen LogP contribution in [0.1, 0.15) is 19.9 Å². The van der Waals surface area contributed by atoms with Gasteiger partial charge in [-0.05, 0) is 41.9 Å². The summed E-state index contributed by atoms with van der Waals surface area (Å²) in [5.41, 5.74) is 0.327. The number of carboxylic acid groups (broad SMARTS) is 1. The van der Waals surface area contributed by atoms with Crippen LogP contribution in [0.15, 0.2) is 27.8 Å². The van der Waals surface area contributed by atoms with E-state index < -0.39 is 11.8 Å². The fraction of sp³-hybridized carbons (Fsp3) is 0.308. The second-order valence-corrected chi connectivity index (χ2v) is 6.35. The summed E-state index contributed by atoms with van der Waals surface area (Å²) in [6.07, 6.45) is 0. The van der Waals surface area contributed by atoms with Crippen molar-refractivity contribution in [3.8, 4) is 11.4 Å². The highest BCUT2D eigenvalue weighted by molar-refractivity contribution is 9.10. The number of benzene rings is 1. The first-order valence-electron chi connectivity index (χ1n) is 6.15. The predicted octanol–water partition coefficient (Wildman–Crippen LogP) is 3.60. The number of aliphatic carboxylic acids is 1. The fourth-order valence-electron chi connectivity index (χ4n) is 1.83. The molecule has 0 saturated carbocycles. The van der Waals surface area contributed by atoms with E-state index in [0.29, 0.717) is 21.0 Å². The van der Waals surface area contributed by atoms with Crippen LogP contribution in [0.3, 0.4) is 0 Å². The van der Waals surface area contributed by atoms with E-state index in [0.717, 1.165) is 11.8 Å². The smallest absolute Gasteiger partial charge is 0.313 e. The average Bonchev–Trinajstić information content (AvgIpc) is 2.83. The zero-order chi connectivity index (χ0) is 15.6. The number of hydrogen-bond donors (Lipinski definition) is 1. The van der Waals surface area contributed by atoms with Crippen LogP contribution in [-0.4, -0.2) is 31.6 Å². The number of halogens is 2. The first kappa shape index (κ1) is 16.0. The minimum absolute atomic E-state index is 0.0234. The van der Waals surface area contributed by atoms with Gasteiger partial charge in [-0.1, -0.05) is 17.8 Å². The summed E-state index contributed by atoms with van der Waals surface area (Å²) in [4.78, 5) is 10.7. The van der Waals surface area contributed by atoms with Gasteiger partial charge in [0.2, 0.25) is 0 Å². The number of thioether (sulfide) groups is 1. The average molecular weight is 374 g/mol. The van der Waals surface area contributed by atoms with Crippen molar-refractivity contribution in [2.75, 3.05) is 5.75 Å². The molecule has 2 aromatic rings. The molecule has 0 unspecified atom stereocenters. The Morgan fingerprint density at radius 1 is 1.48 bits per heavy atom.